The predicted octanol–water partition coefficient (Wildman–Crippen LogP) is 3.40. The Hall–Kier alpha value is -3.02. The van der Waals surface area contributed by atoms with Crippen molar-refractivity contribution in [2.24, 2.45) is 0 Å². The summed E-state index contributed by atoms with van der Waals surface area (Å²) in [7, 11) is 3.19. The Morgan fingerprint density at radius 2 is 2.00 bits per heavy atom. The standard InChI is InChI=1S/C21H24N2O4/c1-26-17-6-3-5-15(13-17)8-11-20(24)22-16-9-10-18(19(14-16)27-2)23-12-4-7-21(23)25/h3,5-6,9-10,13-14H,4,7-8,11-12H2,1-2H3,(H,22,24). The van der Waals surface area contributed by atoms with Gasteiger partial charge in [-0.3, -0.25) is 9.59 Å². The van der Waals surface area contributed by atoms with Crippen LogP contribution in [0.4, 0.5) is 11.4 Å². The van der Waals surface area contributed by atoms with Crippen molar-refractivity contribution in [1.29, 1.82) is 0 Å². The van der Waals surface area contributed by atoms with Crippen LogP contribution < -0.4 is 19.7 Å². The van der Waals surface area contributed by atoms with Crippen molar-refractivity contribution in [3.8, 4) is 11.5 Å². The van der Waals surface area contributed by atoms with Crippen LogP contribution in [-0.4, -0.2) is 32.6 Å². The Balaban J connectivity index is 1.62. The highest BCUT2D eigenvalue weighted by atomic mass is 16.5. The summed E-state index contributed by atoms with van der Waals surface area (Å²) >= 11 is 0. The van der Waals surface area contributed by atoms with Gasteiger partial charge in [0.05, 0.1) is 19.9 Å². The summed E-state index contributed by atoms with van der Waals surface area (Å²) in [5, 5.41) is 2.89. The lowest BCUT2D eigenvalue weighted by molar-refractivity contribution is -0.117. The van der Waals surface area contributed by atoms with Crippen LogP contribution >= 0.6 is 0 Å². The average molecular weight is 368 g/mol. The van der Waals surface area contributed by atoms with Crippen molar-refractivity contribution in [1.82, 2.24) is 0 Å². The molecule has 1 heterocycles. The fraction of sp³-hybridized carbons (Fsp3) is 0.333. The van der Waals surface area contributed by atoms with Gasteiger partial charge in [-0.2, -0.15) is 0 Å². The van der Waals surface area contributed by atoms with Crippen molar-refractivity contribution >= 4 is 23.2 Å². The molecule has 6 heteroatoms. The molecule has 1 fully saturated rings. The molecule has 3 rings (SSSR count). The second kappa shape index (κ2) is 8.58. The molecular weight excluding hydrogens is 344 g/mol. The number of aryl methyl sites for hydroxylation is 1. The van der Waals surface area contributed by atoms with Gasteiger partial charge in [0, 0.05) is 31.1 Å². The van der Waals surface area contributed by atoms with Gasteiger partial charge in [-0.1, -0.05) is 12.1 Å². The number of carbonyl (C=O) groups excluding carboxylic acids is 2. The summed E-state index contributed by atoms with van der Waals surface area (Å²) in [6.45, 7) is 0.696. The quantitative estimate of drug-likeness (QED) is 0.813. The molecule has 1 aliphatic heterocycles. The topological polar surface area (TPSA) is 67.9 Å². The number of ether oxygens (including phenoxy) is 2. The van der Waals surface area contributed by atoms with E-state index in [2.05, 4.69) is 5.32 Å². The average Bonchev–Trinajstić information content (AvgIpc) is 3.12. The van der Waals surface area contributed by atoms with Gasteiger partial charge < -0.3 is 19.7 Å². The molecule has 0 aliphatic carbocycles. The van der Waals surface area contributed by atoms with Crippen LogP contribution in [0.25, 0.3) is 0 Å². The molecule has 0 saturated carbocycles. The van der Waals surface area contributed by atoms with E-state index in [-0.39, 0.29) is 11.8 Å². The number of nitrogens with zero attached hydrogens (tertiary/aromatic N) is 1. The van der Waals surface area contributed by atoms with Crippen LogP contribution in [0.1, 0.15) is 24.8 Å². The largest absolute Gasteiger partial charge is 0.497 e. The van der Waals surface area contributed by atoms with Gasteiger partial charge in [0.2, 0.25) is 11.8 Å². The number of rotatable bonds is 7. The zero-order valence-corrected chi connectivity index (χ0v) is 15.7. The first-order chi connectivity index (χ1) is 13.1. The SMILES string of the molecule is COc1cccc(CCC(=O)Nc2ccc(N3CCCC3=O)c(OC)c2)c1. The molecular formula is C21H24N2O4. The number of amides is 2. The van der Waals surface area contributed by atoms with Crippen molar-refractivity contribution < 1.29 is 19.1 Å². The number of hydrogen-bond donors (Lipinski definition) is 1. The van der Waals surface area contributed by atoms with E-state index in [1.165, 1.54) is 0 Å². The highest BCUT2D eigenvalue weighted by Gasteiger charge is 2.24. The van der Waals surface area contributed by atoms with Crippen LogP contribution in [0.3, 0.4) is 0 Å². The maximum absolute atomic E-state index is 12.3. The molecule has 6 nitrogen and oxygen atoms in total. The number of hydrogen-bond acceptors (Lipinski definition) is 4. The molecule has 0 atom stereocenters. The molecule has 2 aromatic rings. The second-order valence-corrected chi connectivity index (χ2v) is 6.44. The molecule has 0 radical (unpaired) electrons. The lowest BCUT2D eigenvalue weighted by Crippen LogP contribution is -2.24. The molecule has 1 saturated heterocycles. The van der Waals surface area contributed by atoms with E-state index in [1.54, 1.807) is 31.3 Å². The van der Waals surface area contributed by atoms with Crippen LogP contribution in [0, 0.1) is 0 Å². The summed E-state index contributed by atoms with van der Waals surface area (Å²) in [4.78, 5) is 26.0. The van der Waals surface area contributed by atoms with Gasteiger partial charge in [-0.15, -0.1) is 0 Å². The summed E-state index contributed by atoms with van der Waals surface area (Å²) in [5.41, 5.74) is 2.44. The third-order valence-corrected chi connectivity index (χ3v) is 4.60. The molecule has 2 amide bonds. The molecule has 1 N–H and O–H groups in total. The molecule has 1 aliphatic rings. The van der Waals surface area contributed by atoms with Gasteiger partial charge in [0.1, 0.15) is 11.5 Å². The smallest absolute Gasteiger partial charge is 0.227 e. The lowest BCUT2D eigenvalue weighted by Gasteiger charge is -2.19. The van der Waals surface area contributed by atoms with Gasteiger partial charge >= 0.3 is 0 Å². The molecule has 0 spiro atoms. The van der Waals surface area contributed by atoms with E-state index in [1.807, 2.05) is 30.3 Å². The highest BCUT2D eigenvalue weighted by Crippen LogP contribution is 2.33. The van der Waals surface area contributed by atoms with E-state index in [4.69, 9.17) is 9.47 Å². The van der Waals surface area contributed by atoms with Crippen LogP contribution in [0.5, 0.6) is 11.5 Å². The maximum atomic E-state index is 12.3. The number of nitrogens with one attached hydrogen (secondary N) is 1. The monoisotopic (exact) mass is 368 g/mol. The summed E-state index contributed by atoms with van der Waals surface area (Å²) in [6, 6.07) is 13.1. The normalized spacial score (nSPS) is 13.6. The van der Waals surface area contributed by atoms with Crippen molar-refractivity contribution in [3.63, 3.8) is 0 Å². The predicted molar refractivity (Wildman–Crippen MR) is 105 cm³/mol. The Bertz CT molecular complexity index is 835. The van der Waals surface area contributed by atoms with E-state index in [0.717, 1.165) is 23.4 Å². The minimum absolute atomic E-state index is 0.0788. The Morgan fingerprint density at radius 1 is 1.15 bits per heavy atom. The summed E-state index contributed by atoms with van der Waals surface area (Å²) in [6.07, 6.45) is 2.40. The molecule has 27 heavy (non-hydrogen) atoms. The first-order valence-corrected chi connectivity index (χ1v) is 9.02. The zero-order chi connectivity index (χ0) is 19.2. The summed E-state index contributed by atoms with van der Waals surface area (Å²) in [5.74, 6) is 1.38. The number of carbonyl (C=O) groups is 2. The minimum Gasteiger partial charge on any atom is -0.497 e. The van der Waals surface area contributed by atoms with Crippen LogP contribution in [-0.2, 0) is 16.0 Å². The van der Waals surface area contributed by atoms with E-state index < -0.39 is 0 Å². The number of anilines is 2. The van der Waals surface area contributed by atoms with Crippen molar-refractivity contribution in [2.75, 3.05) is 31.0 Å². The fourth-order valence-electron chi connectivity index (χ4n) is 3.19. The van der Waals surface area contributed by atoms with Gasteiger partial charge in [0.25, 0.3) is 0 Å². The Labute approximate surface area is 159 Å². The highest BCUT2D eigenvalue weighted by molar-refractivity contribution is 5.98. The maximum Gasteiger partial charge on any atom is 0.227 e. The first kappa shape index (κ1) is 18.8. The third-order valence-electron chi connectivity index (χ3n) is 4.60. The van der Waals surface area contributed by atoms with Crippen molar-refractivity contribution in [3.05, 3.63) is 48.0 Å². The molecule has 2 aromatic carbocycles. The van der Waals surface area contributed by atoms with Crippen molar-refractivity contribution in [2.45, 2.75) is 25.7 Å². The van der Waals surface area contributed by atoms with Crippen LogP contribution in [0.2, 0.25) is 0 Å². The molecule has 0 bridgehead atoms. The zero-order valence-electron chi connectivity index (χ0n) is 15.7. The van der Waals surface area contributed by atoms with Gasteiger partial charge in [-0.05, 0) is 42.7 Å². The van der Waals surface area contributed by atoms with Gasteiger partial charge in [-0.25, -0.2) is 0 Å². The second-order valence-electron chi connectivity index (χ2n) is 6.44. The first-order valence-electron chi connectivity index (χ1n) is 9.02. The lowest BCUT2D eigenvalue weighted by atomic mass is 10.1. The molecule has 0 aromatic heterocycles. The Kier molecular flexibility index (Phi) is 5.96. The minimum atomic E-state index is -0.0788. The third kappa shape index (κ3) is 4.58. The van der Waals surface area contributed by atoms with Crippen LogP contribution in [0.15, 0.2) is 42.5 Å². The van der Waals surface area contributed by atoms with E-state index >= 15 is 0 Å². The number of benzene rings is 2. The molecule has 142 valence electrons. The fourth-order valence-corrected chi connectivity index (χ4v) is 3.19. The summed E-state index contributed by atoms with van der Waals surface area (Å²) < 4.78 is 10.6. The van der Waals surface area contributed by atoms with E-state index in [9.17, 15) is 9.59 Å². The molecule has 0 unspecified atom stereocenters. The Morgan fingerprint density at radius 3 is 2.70 bits per heavy atom. The van der Waals surface area contributed by atoms with Gasteiger partial charge in [0.15, 0.2) is 0 Å². The number of methoxy groups -OCH3 is 2. The van der Waals surface area contributed by atoms with E-state index in [0.29, 0.717) is 37.2 Å².